The Morgan fingerprint density at radius 2 is 1.96 bits per heavy atom. The van der Waals surface area contributed by atoms with Crippen LogP contribution in [0.15, 0.2) is 42.7 Å². The lowest BCUT2D eigenvalue weighted by Gasteiger charge is -2.07. The second kappa shape index (κ2) is 7.51. The van der Waals surface area contributed by atoms with Crippen LogP contribution < -0.4 is 5.32 Å². The maximum Gasteiger partial charge on any atom is 0.211 e. The highest BCUT2D eigenvalue weighted by molar-refractivity contribution is 7.15. The topological polar surface area (TPSA) is 73.5 Å². The molecule has 1 N–H and O–H groups in total. The summed E-state index contributed by atoms with van der Waals surface area (Å²) >= 11 is 1.45. The predicted molar refractivity (Wildman–Crippen MR) is 106 cm³/mol. The normalized spacial score (nSPS) is 12.3. The standard InChI is InChI=1S/C19H20FN7S/c1-12-5-4-6-15(17(12)20)11-26-9-8-16(25-26)21-19-23-22-18(28-19)14(3)27-10-7-13(2)24-27/h4-10,14H,11H2,1-3H3,(H,21,23,25). The summed E-state index contributed by atoms with van der Waals surface area (Å²) in [4.78, 5) is 0. The molecule has 0 saturated heterocycles. The van der Waals surface area contributed by atoms with Gasteiger partial charge in [-0.2, -0.15) is 10.2 Å². The summed E-state index contributed by atoms with van der Waals surface area (Å²) in [6.07, 6.45) is 3.74. The SMILES string of the molecule is Cc1ccn(C(C)c2nnc(Nc3ccn(Cc4cccc(C)c4F)n3)s2)n1. The van der Waals surface area contributed by atoms with Gasteiger partial charge >= 0.3 is 0 Å². The maximum absolute atomic E-state index is 14.2. The molecular formula is C19H20FN7S. The second-order valence-corrected chi connectivity index (χ2v) is 7.64. The molecule has 4 rings (SSSR count). The van der Waals surface area contributed by atoms with Crippen molar-refractivity contribution >= 4 is 22.3 Å². The van der Waals surface area contributed by atoms with Crippen molar-refractivity contribution in [3.05, 3.63) is 70.4 Å². The van der Waals surface area contributed by atoms with Crippen LogP contribution in [0.3, 0.4) is 0 Å². The van der Waals surface area contributed by atoms with Crippen LogP contribution in [-0.2, 0) is 6.54 Å². The Morgan fingerprint density at radius 3 is 2.75 bits per heavy atom. The Morgan fingerprint density at radius 1 is 1.11 bits per heavy atom. The lowest BCUT2D eigenvalue weighted by molar-refractivity contribution is 0.554. The molecule has 0 aliphatic carbocycles. The van der Waals surface area contributed by atoms with Crippen molar-refractivity contribution in [2.24, 2.45) is 0 Å². The molecule has 0 aliphatic heterocycles. The van der Waals surface area contributed by atoms with E-state index in [0.717, 1.165) is 10.7 Å². The van der Waals surface area contributed by atoms with Gasteiger partial charge in [0.15, 0.2) is 5.82 Å². The molecule has 0 aliphatic rings. The lowest BCUT2D eigenvalue weighted by Crippen LogP contribution is -2.07. The molecule has 144 valence electrons. The van der Waals surface area contributed by atoms with Crippen LogP contribution >= 0.6 is 11.3 Å². The largest absolute Gasteiger partial charge is 0.313 e. The molecule has 28 heavy (non-hydrogen) atoms. The molecule has 0 spiro atoms. The fourth-order valence-electron chi connectivity index (χ4n) is 2.85. The first-order valence-electron chi connectivity index (χ1n) is 8.89. The molecule has 1 unspecified atom stereocenters. The summed E-state index contributed by atoms with van der Waals surface area (Å²) < 4.78 is 17.7. The van der Waals surface area contributed by atoms with Crippen molar-refractivity contribution in [2.75, 3.05) is 5.32 Å². The van der Waals surface area contributed by atoms with E-state index in [-0.39, 0.29) is 11.9 Å². The van der Waals surface area contributed by atoms with E-state index < -0.39 is 0 Å². The molecule has 1 aromatic carbocycles. The highest BCUT2D eigenvalue weighted by atomic mass is 32.1. The van der Waals surface area contributed by atoms with E-state index in [1.807, 2.05) is 42.9 Å². The van der Waals surface area contributed by atoms with Gasteiger partial charge < -0.3 is 5.32 Å². The van der Waals surface area contributed by atoms with Gasteiger partial charge in [-0.1, -0.05) is 29.5 Å². The van der Waals surface area contributed by atoms with E-state index in [4.69, 9.17) is 0 Å². The van der Waals surface area contributed by atoms with E-state index in [1.165, 1.54) is 11.3 Å². The maximum atomic E-state index is 14.2. The molecule has 0 bridgehead atoms. The van der Waals surface area contributed by atoms with Crippen molar-refractivity contribution in [3.8, 4) is 0 Å². The van der Waals surface area contributed by atoms with Crippen LogP contribution in [0.25, 0.3) is 0 Å². The fourth-order valence-corrected chi connectivity index (χ4v) is 3.64. The minimum Gasteiger partial charge on any atom is -0.313 e. The Kier molecular flexibility index (Phi) is 4.91. The van der Waals surface area contributed by atoms with Gasteiger partial charge in [-0.3, -0.25) is 9.36 Å². The van der Waals surface area contributed by atoms with Crippen LogP contribution in [0.5, 0.6) is 0 Å². The molecule has 9 heteroatoms. The summed E-state index contributed by atoms with van der Waals surface area (Å²) in [5.41, 5.74) is 2.20. The predicted octanol–water partition coefficient (Wildman–Crippen LogP) is 4.09. The Balaban J connectivity index is 1.44. The number of anilines is 2. The van der Waals surface area contributed by atoms with Gasteiger partial charge in [-0.15, -0.1) is 10.2 Å². The van der Waals surface area contributed by atoms with Crippen LogP contribution in [0, 0.1) is 19.7 Å². The average molecular weight is 397 g/mol. The Bertz CT molecular complexity index is 1100. The molecular weight excluding hydrogens is 377 g/mol. The number of aryl methyl sites for hydroxylation is 2. The van der Waals surface area contributed by atoms with Gasteiger partial charge in [-0.25, -0.2) is 4.39 Å². The zero-order valence-corrected chi connectivity index (χ0v) is 16.6. The third-order valence-electron chi connectivity index (χ3n) is 4.42. The third kappa shape index (κ3) is 3.79. The van der Waals surface area contributed by atoms with E-state index >= 15 is 0 Å². The van der Waals surface area contributed by atoms with Gasteiger partial charge in [0.1, 0.15) is 16.9 Å². The number of halogens is 1. The zero-order valence-electron chi connectivity index (χ0n) is 15.8. The summed E-state index contributed by atoms with van der Waals surface area (Å²) in [5.74, 6) is 0.447. The smallest absolute Gasteiger partial charge is 0.211 e. The first-order chi connectivity index (χ1) is 13.5. The van der Waals surface area contributed by atoms with Gasteiger partial charge in [0.2, 0.25) is 5.13 Å². The number of hydrogen-bond acceptors (Lipinski definition) is 6. The Labute approximate surface area is 165 Å². The van der Waals surface area contributed by atoms with Gasteiger partial charge in [0.05, 0.1) is 12.2 Å². The van der Waals surface area contributed by atoms with E-state index in [1.54, 1.807) is 29.9 Å². The minimum absolute atomic E-state index is 0.00334. The van der Waals surface area contributed by atoms with E-state index in [9.17, 15) is 4.39 Å². The van der Waals surface area contributed by atoms with Crippen molar-refractivity contribution in [1.29, 1.82) is 0 Å². The number of benzene rings is 1. The Hall–Kier alpha value is -3.07. The number of nitrogens with one attached hydrogen (secondary N) is 1. The first-order valence-corrected chi connectivity index (χ1v) is 9.71. The molecule has 0 fully saturated rings. The molecule has 0 radical (unpaired) electrons. The van der Waals surface area contributed by atoms with Crippen molar-refractivity contribution in [3.63, 3.8) is 0 Å². The van der Waals surface area contributed by atoms with Crippen molar-refractivity contribution < 1.29 is 4.39 Å². The molecule has 0 saturated carbocycles. The minimum atomic E-state index is -0.191. The molecule has 4 aromatic rings. The first kappa shape index (κ1) is 18.3. The highest BCUT2D eigenvalue weighted by Gasteiger charge is 2.15. The quantitative estimate of drug-likeness (QED) is 0.530. The lowest BCUT2D eigenvalue weighted by atomic mass is 10.1. The summed E-state index contributed by atoms with van der Waals surface area (Å²) in [6.45, 7) is 6.11. The molecule has 3 heterocycles. The molecule has 0 amide bonds. The fraction of sp³-hybridized carbons (Fsp3) is 0.263. The number of nitrogens with zero attached hydrogens (tertiary/aromatic N) is 6. The van der Waals surface area contributed by atoms with Crippen molar-refractivity contribution in [1.82, 2.24) is 29.8 Å². The number of aromatic nitrogens is 6. The molecule has 7 nitrogen and oxygen atoms in total. The van der Waals surface area contributed by atoms with Crippen LogP contribution in [0.2, 0.25) is 0 Å². The zero-order chi connectivity index (χ0) is 19.7. The number of hydrogen-bond donors (Lipinski definition) is 1. The third-order valence-corrected chi connectivity index (χ3v) is 5.43. The van der Waals surface area contributed by atoms with E-state index in [0.29, 0.717) is 28.6 Å². The highest BCUT2D eigenvalue weighted by Crippen LogP contribution is 2.26. The van der Waals surface area contributed by atoms with Crippen LogP contribution in [0.1, 0.15) is 34.8 Å². The monoisotopic (exact) mass is 397 g/mol. The van der Waals surface area contributed by atoms with Crippen molar-refractivity contribution in [2.45, 2.75) is 33.4 Å². The van der Waals surface area contributed by atoms with Gasteiger partial charge in [0, 0.05) is 24.0 Å². The number of rotatable bonds is 6. The molecule has 1 atom stereocenters. The average Bonchev–Trinajstić information content (AvgIpc) is 3.41. The van der Waals surface area contributed by atoms with Crippen LogP contribution in [0.4, 0.5) is 15.3 Å². The second-order valence-electron chi connectivity index (χ2n) is 6.63. The summed E-state index contributed by atoms with van der Waals surface area (Å²) in [5, 5.41) is 22.0. The van der Waals surface area contributed by atoms with E-state index in [2.05, 4.69) is 25.7 Å². The molecule has 3 aromatic heterocycles. The van der Waals surface area contributed by atoms with Gasteiger partial charge in [0.25, 0.3) is 0 Å². The summed E-state index contributed by atoms with van der Waals surface area (Å²) in [7, 11) is 0. The summed E-state index contributed by atoms with van der Waals surface area (Å²) in [6, 6.07) is 9.17. The van der Waals surface area contributed by atoms with Gasteiger partial charge in [-0.05, 0) is 32.4 Å². The van der Waals surface area contributed by atoms with Crippen LogP contribution in [-0.4, -0.2) is 29.8 Å².